The molecule has 0 radical (unpaired) electrons. The summed E-state index contributed by atoms with van der Waals surface area (Å²) in [5.74, 6) is -0.554. The van der Waals surface area contributed by atoms with Crippen molar-refractivity contribution in [3.8, 4) is 0 Å². The molecule has 2 fully saturated rings. The summed E-state index contributed by atoms with van der Waals surface area (Å²) in [6.45, 7) is 1.96. The first kappa shape index (κ1) is 16.9. The number of allylic oxidation sites excluding steroid dienone is 2. The smallest absolute Gasteiger partial charge is 0.255 e. The first-order valence-electron chi connectivity index (χ1n) is 9.57. The number of hydrogen-bond acceptors (Lipinski definition) is 3. The Morgan fingerprint density at radius 3 is 2.25 bits per heavy atom. The lowest BCUT2D eigenvalue weighted by Crippen LogP contribution is -2.32. The zero-order valence-electron chi connectivity index (χ0n) is 15.5. The van der Waals surface area contributed by atoms with Gasteiger partial charge < -0.3 is 5.32 Å². The molecule has 5 rings (SSSR count). The molecular formula is C23H20N2O3. The van der Waals surface area contributed by atoms with Crippen LogP contribution in [0.2, 0.25) is 0 Å². The Hall–Kier alpha value is -3.21. The lowest BCUT2D eigenvalue weighted by Gasteiger charge is -2.18. The molecule has 3 aliphatic rings. The second-order valence-corrected chi connectivity index (χ2v) is 7.88. The lowest BCUT2D eigenvalue weighted by atomic mass is 9.85. The van der Waals surface area contributed by atoms with E-state index in [9.17, 15) is 14.4 Å². The zero-order valence-corrected chi connectivity index (χ0v) is 15.5. The molecular weight excluding hydrogens is 352 g/mol. The van der Waals surface area contributed by atoms with E-state index in [0.29, 0.717) is 16.9 Å². The Bertz CT molecular complexity index is 994. The van der Waals surface area contributed by atoms with Gasteiger partial charge in [0.05, 0.1) is 17.5 Å². The topological polar surface area (TPSA) is 66.5 Å². The first-order valence-corrected chi connectivity index (χ1v) is 9.57. The number of amides is 3. The molecule has 1 saturated carbocycles. The largest absolute Gasteiger partial charge is 0.322 e. The van der Waals surface area contributed by atoms with E-state index in [4.69, 9.17) is 0 Å². The quantitative estimate of drug-likeness (QED) is 0.662. The van der Waals surface area contributed by atoms with Crippen LogP contribution in [0.1, 0.15) is 22.3 Å². The molecule has 3 amide bonds. The third-order valence-corrected chi connectivity index (χ3v) is 6.15. The van der Waals surface area contributed by atoms with Crippen LogP contribution in [0, 0.1) is 30.6 Å². The van der Waals surface area contributed by atoms with Gasteiger partial charge in [0.2, 0.25) is 11.8 Å². The maximum absolute atomic E-state index is 13.0. The zero-order chi connectivity index (χ0) is 19.4. The Kier molecular flexibility index (Phi) is 3.72. The maximum atomic E-state index is 13.0. The monoisotopic (exact) mass is 372 g/mol. The van der Waals surface area contributed by atoms with Crippen molar-refractivity contribution in [2.24, 2.45) is 23.7 Å². The van der Waals surface area contributed by atoms with Crippen molar-refractivity contribution in [3.63, 3.8) is 0 Å². The Balaban J connectivity index is 1.39. The fraction of sp³-hybridized carbons (Fsp3) is 0.261. The Morgan fingerprint density at radius 2 is 1.61 bits per heavy atom. The van der Waals surface area contributed by atoms with Crippen LogP contribution in [-0.4, -0.2) is 17.7 Å². The minimum absolute atomic E-state index is 0.117. The predicted octanol–water partition coefficient (Wildman–Crippen LogP) is 3.56. The summed E-state index contributed by atoms with van der Waals surface area (Å²) in [6.07, 6.45) is 5.07. The molecule has 4 atom stereocenters. The van der Waals surface area contributed by atoms with E-state index in [1.165, 1.54) is 4.90 Å². The van der Waals surface area contributed by atoms with Gasteiger partial charge in [-0.25, -0.2) is 4.90 Å². The number of nitrogens with one attached hydrogen (secondary N) is 1. The molecule has 5 nitrogen and oxygen atoms in total. The van der Waals surface area contributed by atoms with Gasteiger partial charge in [-0.05, 0) is 55.5 Å². The third kappa shape index (κ3) is 2.50. The second-order valence-electron chi connectivity index (χ2n) is 7.88. The highest BCUT2D eigenvalue weighted by Gasteiger charge is 2.59. The minimum atomic E-state index is -0.228. The van der Waals surface area contributed by atoms with Crippen molar-refractivity contribution in [3.05, 3.63) is 71.8 Å². The number of fused-ring (bicyclic) bond motifs is 5. The van der Waals surface area contributed by atoms with Gasteiger partial charge in [0.25, 0.3) is 5.91 Å². The number of aryl methyl sites for hydroxylation is 1. The molecule has 1 aliphatic heterocycles. The van der Waals surface area contributed by atoms with Crippen LogP contribution in [-0.2, 0) is 9.59 Å². The molecule has 1 N–H and O–H groups in total. The molecule has 0 aromatic heterocycles. The normalized spacial score (nSPS) is 27.4. The minimum Gasteiger partial charge on any atom is -0.322 e. The average molecular weight is 372 g/mol. The van der Waals surface area contributed by atoms with Gasteiger partial charge in [0.1, 0.15) is 0 Å². The van der Waals surface area contributed by atoms with Gasteiger partial charge in [-0.1, -0.05) is 35.9 Å². The highest BCUT2D eigenvalue weighted by atomic mass is 16.2. The maximum Gasteiger partial charge on any atom is 0.255 e. The van der Waals surface area contributed by atoms with E-state index in [-0.39, 0.29) is 41.4 Å². The first-order chi connectivity index (χ1) is 13.5. The van der Waals surface area contributed by atoms with Crippen LogP contribution < -0.4 is 10.2 Å². The van der Waals surface area contributed by atoms with Crippen LogP contribution in [0.3, 0.4) is 0 Å². The van der Waals surface area contributed by atoms with Gasteiger partial charge in [0, 0.05) is 11.3 Å². The Morgan fingerprint density at radius 1 is 0.964 bits per heavy atom. The average Bonchev–Trinajstić information content (AvgIpc) is 3.36. The van der Waals surface area contributed by atoms with Crippen LogP contribution in [0.5, 0.6) is 0 Å². The van der Waals surface area contributed by atoms with Crippen LogP contribution in [0.25, 0.3) is 0 Å². The van der Waals surface area contributed by atoms with E-state index in [2.05, 4.69) is 17.5 Å². The molecule has 2 aromatic rings. The molecule has 0 spiro atoms. The Labute approximate surface area is 163 Å². The summed E-state index contributed by atoms with van der Waals surface area (Å²) in [5.41, 5.74) is 2.72. The van der Waals surface area contributed by atoms with Gasteiger partial charge in [0.15, 0.2) is 0 Å². The summed E-state index contributed by atoms with van der Waals surface area (Å²) in [5, 5.41) is 2.85. The predicted molar refractivity (Wildman–Crippen MR) is 106 cm³/mol. The number of carbonyl (C=O) groups excluding carboxylic acids is 3. The fourth-order valence-corrected chi connectivity index (χ4v) is 4.79. The van der Waals surface area contributed by atoms with Crippen LogP contribution >= 0.6 is 0 Å². The SMILES string of the molecule is Cc1ccc(C(=O)Nc2cccc(N3C(=O)[C@@H]4[C@H](C3=O)[C@H]3C=C[C@@H]4C3)c2)cc1. The number of imide groups is 1. The molecule has 5 heteroatoms. The number of carbonyl (C=O) groups is 3. The van der Waals surface area contributed by atoms with Crippen molar-refractivity contribution < 1.29 is 14.4 Å². The fourth-order valence-electron chi connectivity index (χ4n) is 4.79. The van der Waals surface area contributed by atoms with Crippen molar-refractivity contribution in [1.29, 1.82) is 0 Å². The lowest BCUT2D eigenvalue weighted by molar-refractivity contribution is -0.123. The number of nitrogens with zero attached hydrogens (tertiary/aromatic N) is 1. The van der Waals surface area contributed by atoms with Crippen molar-refractivity contribution in [2.75, 3.05) is 10.2 Å². The molecule has 1 saturated heterocycles. The second kappa shape index (κ2) is 6.16. The van der Waals surface area contributed by atoms with E-state index < -0.39 is 0 Å². The molecule has 2 bridgehead atoms. The van der Waals surface area contributed by atoms with Crippen molar-refractivity contribution in [1.82, 2.24) is 0 Å². The molecule has 0 unspecified atom stereocenters. The van der Waals surface area contributed by atoms with Gasteiger partial charge in [-0.2, -0.15) is 0 Å². The molecule has 140 valence electrons. The van der Waals surface area contributed by atoms with Crippen molar-refractivity contribution in [2.45, 2.75) is 13.3 Å². The molecule has 2 aliphatic carbocycles. The summed E-state index contributed by atoms with van der Waals surface area (Å²) in [4.78, 5) is 39.7. The summed E-state index contributed by atoms with van der Waals surface area (Å²) >= 11 is 0. The number of rotatable bonds is 3. The van der Waals surface area contributed by atoms with Gasteiger partial charge in [-0.15, -0.1) is 0 Å². The molecule has 28 heavy (non-hydrogen) atoms. The third-order valence-electron chi connectivity index (χ3n) is 6.15. The molecule has 1 heterocycles. The molecule has 2 aromatic carbocycles. The van der Waals surface area contributed by atoms with Crippen molar-refractivity contribution >= 4 is 29.1 Å². The standard InChI is InChI=1S/C23H20N2O3/c1-13-5-7-14(8-6-13)21(26)24-17-3-2-4-18(12-17)25-22(27)19-15-9-10-16(11-15)20(19)23(25)28/h2-10,12,15-16,19-20H,11H2,1H3,(H,24,26)/t15-,16+,19+,20-. The highest BCUT2D eigenvalue weighted by molar-refractivity contribution is 6.23. The van der Waals surface area contributed by atoms with Gasteiger partial charge >= 0.3 is 0 Å². The van der Waals surface area contributed by atoms with E-state index in [1.54, 1.807) is 36.4 Å². The van der Waals surface area contributed by atoms with E-state index >= 15 is 0 Å². The van der Waals surface area contributed by atoms with E-state index in [1.807, 2.05) is 19.1 Å². The highest BCUT2D eigenvalue weighted by Crippen LogP contribution is 2.53. The summed E-state index contributed by atoms with van der Waals surface area (Å²) in [6, 6.07) is 14.3. The van der Waals surface area contributed by atoms with Gasteiger partial charge in [-0.3, -0.25) is 14.4 Å². The number of benzene rings is 2. The number of anilines is 2. The van der Waals surface area contributed by atoms with Crippen LogP contribution in [0.15, 0.2) is 60.7 Å². The van der Waals surface area contributed by atoms with E-state index in [0.717, 1.165) is 12.0 Å². The number of hydrogen-bond donors (Lipinski definition) is 1. The summed E-state index contributed by atoms with van der Waals surface area (Å²) < 4.78 is 0. The summed E-state index contributed by atoms with van der Waals surface area (Å²) in [7, 11) is 0. The van der Waals surface area contributed by atoms with Crippen LogP contribution in [0.4, 0.5) is 11.4 Å².